The first-order chi connectivity index (χ1) is 6.02. The van der Waals surface area contributed by atoms with Crippen molar-refractivity contribution < 1.29 is 14.3 Å². The summed E-state index contributed by atoms with van der Waals surface area (Å²) < 4.78 is 10.4. The van der Waals surface area contributed by atoms with E-state index < -0.39 is 0 Å². The highest BCUT2D eigenvalue weighted by Gasteiger charge is 2.25. The van der Waals surface area contributed by atoms with Gasteiger partial charge in [-0.3, -0.25) is 4.79 Å². The van der Waals surface area contributed by atoms with Gasteiger partial charge in [0.25, 0.3) is 0 Å². The summed E-state index contributed by atoms with van der Waals surface area (Å²) in [7, 11) is 1.64. The number of carbonyl (C=O) groups excluding carboxylic acids is 1. The van der Waals surface area contributed by atoms with Crippen LogP contribution in [-0.2, 0) is 14.3 Å². The minimum absolute atomic E-state index is 0.0427. The molecule has 1 unspecified atom stereocenters. The van der Waals surface area contributed by atoms with Crippen LogP contribution in [0.15, 0.2) is 0 Å². The summed E-state index contributed by atoms with van der Waals surface area (Å²) in [6.07, 6.45) is 1.86. The summed E-state index contributed by atoms with van der Waals surface area (Å²) in [5.74, 6) is 0.0730. The first kappa shape index (κ1) is 12.8. The molecule has 0 heterocycles. The number of thioether (sulfide) groups is 1. The molecule has 0 aliphatic heterocycles. The van der Waals surface area contributed by atoms with Crippen molar-refractivity contribution in [3.05, 3.63) is 0 Å². The first-order valence-electron chi connectivity index (χ1n) is 4.25. The first-order valence-corrected chi connectivity index (χ1v) is 5.54. The van der Waals surface area contributed by atoms with Crippen LogP contribution in [-0.4, -0.2) is 30.9 Å². The molecule has 0 aromatic carbocycles. The van der Waals surface area contributed by atoms with Gasteiger partial charge in [0.15, 0.2) is 5.44 Å². The lowest BCUT2D eigenvalue weighted by atomic mass is 10.1. The number of rotatable bonds is 5. The fourth-order valence-electron chi connectivity index (χ4n) is 1.11. The van der Waals surface area contributed by atoms with E-state index in [1.807, 2.05) is 20.1 Å². The van der Waals surface area contributed by atoms with Crippen molar-refractivity contribution in [2.24, 2.45) is 5.92 Å². The Hall–Kier alpha value is -0.220. The van der Waals surface area contributed by atoms with E-state index in [2.05, 4.69) is 0 Å². The zero-order valence-corrected chi connectivity index (χ0v) is 9.68. The van der Waals surface area contributed by atoms with Gasteiger partial charge in [0.05, 0.1) is 0 Å². The third-order valence-corrected chi connectivity index (χ3v) is 2.54. The number of carbonyl (C=O) groups is 1. The van der Waals surface area contributed by atoms with Crippen molar-refractivity contribution >= 4 is 17.7 Å². The van der Waals surface area contributed by atoms with Gasteiger partial charge in [0.1, 0.15) is 6.10 Å². The molecule has 0 amide bonds. The van der Waals surface area contributed by atoms with Gasteiger partial charge in [0, 0.05) is 14.0 Å². The van der Waals surface area contributed by atoms with Crippen LogP contribution < -0.4 is 0 Å². The predicted molar refractivity (Wildman–Crippen MR) is 54.7 cm³/mol. The molecule has 4 heteroatoms. The highest BCUT2D eigenvalue weighted by Crippen LogP contribution is 2.21. The average molecular weight is 206 g/mol. The number of ether oxygens (including phenoxy) is 2. The van der Waals surface area contributed by atoms with Gasteiger partial charge in [-0.25, -0.2) is 0 Å². The second-order valence-corrected chi connectivity index (χ2v) is 4.09. The summed E-state index contributed by atoms with van der Waals surface area (Å²) in [6.45, 7) is 5.50. The summed E-state index contributed by atoms with van der Waals surface area (Å²) in [5, 5.41) is 0. The van der Waals surface area contributed by atoms with Gasteiger partial charge in [-0.15, -0.1) is 11.8 Å². The third kappa shape index (κ3) is 4.52. The van der Waals surface area contributed by atoms with E-state index in [9.17, 15) is 4.79 Å². The molecule has 0 aliphatic rings. The van der Waals surface area contributed by atoms with Gasteiger partial charge in [0.2, 0.25) is 0 Å². The Morgan fingerprint density at radius 3 is 2.15 bits per heavy atom. The zero-order valence-electron chi connectivity index (χ0n) is 8.87. The minimum atomic E-state index is -0.262. The van der Waals surface area contributed by atoms with Crippen molar-refractivity contribution in [3.63, 3.8) is 0 Å². The molecule has 0 spiro atoms. The highest BCUT2D eigenvalue weighted by molar-refractivity contribution is 7.99. The molecule has 0 fully saturated rings. The molecule has 3 nitrogen and oxygen atoms in total. The van der Waals surface area contributed by atoms with E-state index in [0.29, 0.717) is 5.92 Å². The van der Waals surface area contributed by atoms with E-state index in [0.717, 1.165) is 0 Å². The van der Waals surface area contributed by atoms with E-state index in [-0.39, 0.29) is 17.5 Å². The largest absolute Gasteiger partial charge is 0.449 e. The van der Waals surface area contributed by atoms with Crippen molar-refractivity contribution in [2.75, 3.05) is 13.4 Å². The van der Waals surface area contributed by atoms with Crippen LogP contribution in [0.2, 0.25) is 0 Å². The van der Waals surface area contributed by atoms with Crippen LogP contribution in [0.4, 0.5) is 0 Å². The van der Waals surface area contributed by atoms with Crippen LogP contribution in [0.5, 0.6) is 0 Å². The number of methoxy groups -OCH3 is 1. The second-order valence-electron chi connectivity index (χ2n) is 3.16. The van der Waals surface area contributed by atoms with E-state index in [1.165, 1.54) is 18.7 Å². The Labute approximate surface area is 84.2 Å². The standard InChI is InChI=1S/C9H18O3S/c1-6(2)8(11-4)9(13-5)12-7(3)10/h6,8-9H,1-5H3/t8-,9?/m0/s1. The Bertz CT molecular complexity index is 159. The van der Waals surface area contributed by atoms with Crippen LogP contribution in [0.25, 0.3) is 0 Å². The molecule has 0 aliphatic carbocycles. The maximum atomic E-state index is 10.8. The van der Waals surface area contributed by atoms with Crippen LogP contribution >= 0.6 is 11.8 Å². The lowest BCUT2D eigenvalue weighted by molar-refractivity contribution is -0.148. The molecule has 0 bridgehead atoms. The van der Waals surface area contributed by atoms with E-state index in [4.69, 9.17) is 9.47 Å². The molecule has 0 N–H and O–H groups in total. The van der Waals surface area contributed by atoms with E-state index in [1.54, 1.807) is 7.11 Å². The quantitative estimate of drug-likeness (QED) is 0.508. The topological polar surface area (TPSA) is 35.5 Å². The van der Waals surface area contributed by atoms with Gasteiger partial charge in [-0.1, -0.05) is 13.8 Å². The Morgan fingerprint density at radius 2 is 1.92 bits per heavy atom. The molecule has 0 aromatic rings. The van der Waals surface area contributed by atoms with Crippen molar-refractivity contribution in [1.82, 2.24) is 0 Å². The maximum Gasteiger partial charge on any atom is 0.303 e. The van der Waals surface area contributed by atoms with Crippen molar-refractivity contribution in [1.29, 1.82) is 0 Å². The van der Waals surface area contributed by atoms with Crippen LogP contribution in [0.3, 0.4) is 0 Å². The van der Waals surface area contributed by atoms with Gasteiger partial charge < -0.3 is 9.47 Å². The summed E-state index contributed by atoms with van der Waals surface area (Å²) in [4.78, 5) is 10.8. The highest BCUT2D eigenvalue weighted by atomic mass is 32.2. The zero-order chi connectivity index (χ0) is 10.4. The lowest BCUT2D eigenvalue weighted by Gasteiger charge is -2.26. The second kappa shape index (κ2) is 6.27. The fourth-order valence-corrected chi connectivity index (χ4v) is 2.04. The summed E-state index contributed by atoms with van der Waals surface area (Å²) >= 11 is 1.49. The minimum Gasteiger partial charge on any atom is -0.449 e. The Morgan fingerprint density at radius 1 is 1.38 bits per heavy atom. The number of hydrogen-bond acceptors (Lipinski definition) is 4. The number of esters is 1. The molecule has 13 heavy (non-hydrogen) atoms. The summed E-state index contributed by atoms with van der Waals surface area (Å²) in [6, 6.07) is 0. The van der Waals surface area contributed by atoms with E-state index >= 15 is 0 Å². The number of hydrogen-bond donors (Lipinski definition) is 0. The van der Waals surface area contributed by atoms with Gasteiger partial charge >= 0.3 is 5.97 Å². The predicted octanol–water partition coefficient (Wildman–Crippen LogP) is 1.91. The molecule has 0 rings (SSSR count). The molecule has 2 atom stereocenters. The normalized spacial score (nSPS) is 15.5. The van der Waals surface area contributed by atoms with Gasteiger partial charge in [-0.05, 0) is 12.2 Å². The summed E-state index contributed by atoms with van der Waals surface area (Å²) in [5.41, 5.74) is -0.206. The Balaban J connectivity index is 4.25. The van der Waals surface area contributed by atoms with Crippen LogP contribution in [0, 0.1) is 5.92 Å². The molecule has 0 aromatic heterocycles. The Kier molecular flexibility index (Phi) is 6.16. The van der Waals surface area contributed by atoms with Crippen LogP contribution in [0.1, 0.15) is 20.8 Å². The SMILES string of the molecule is CO[C@@H](C(C)C)C(OC(C)=O)SC. The van der Waals surface area contributed by atoms with Crippen molar-refractivity contribution in [3.8, 4) is 0 Å². The molecular weight excluding hydrogens is 188 g/mol. The molecule has 0 radical (unpaired) electrons. The monoisotopic (exact) mass is 206 g/mol. The fraction of sp³-hybridized carbons (Fsp3) is 0.889. The maximum absolute atomic E-state index is 10.8. The van der Waals surface area contributed by atoms with Gasteiger partial charge in [-0.2, -0.15) is 0 Å². The molecule has 0 saturated heterocycles. The van der Waals surface area contributed by atoms with Crippen molar-refractivity contribution in [2.45, 2.75) is 32.3 Å². The smallest absolute Gasteiger partial charge is 0.303 e. The third-order valence-electron chi connectivity index (χ3n) is 1.71. The lowest BCUT2D eigenvalue weighted by Crippen LogP contribution is -2.33. The molecule has 0 saturated carbocycles. The molecule has 78 valence electrons. The average Bonchev–Trinajstić information content (AvgIpc) is 2.02. The molecular formula is C9H18O3S.